The van der Waals surface area contributed by atoms with Crippen LogP contribution in [0.25, 0.3) is 21.8 Å². The van der Waals surface area contributed by atoms with Crippen molar-refractivity contribution >= 4 is 51.5 Å². The molecule has 0 aliphatic carbocycles. The number of benzene rings is 3. The maximum Gasteiger partial charge on any atom is 0.331 e. The zero-order chi connectivity index (χ0) is 32.3. The number of Topliss-reactive ketones (excluding diaryl/α,β-unsaturated/α-hetero) is 1. The molecule has 4 rings (SSSR count). The normalized spacial score (nSPS) is 12.3. The first-order chi connectivity index (χ1) is 21.8. The maximum absolute atomic E-state index is 13.7. The summed E-state index contributed by atoms with van der Waals surface area (Å²) in [5.74, 6) is -0.180. The lowest BCUT2D eigenvalue weighted by atomic mass is 9.98. The molecule has 0 aliphatic rings. The molecule has 0 amide bonds. The van der Waals surface area contributed by atoms with Gasteiger partial charge >= 0.3 is 5.97 Å². The number of ether oxygens (including phenoxy) is 1. The molecular weight excluding hydrogens is 568 g/mol. The van der Waals surface area contributed by atoms with E-state index in [9.17, 15) is 19.2 Å². The fourth-order valence-corrected chi connectivity index (χ4v) is 5.69. The SMILES string of the molecule is CCCCC/C(=N\OC(C)=O)C(=O)c1ccc2c(c1)c1cc(C(=O)c3ccc(OC=O)cc3)ccc1n2CC(CC)CCCC. The van der Waals surface area contributed by atoms with Gasteiger partial charge in [-0.05, 0) is 85.8 Å². The van der Waals surface area contributed by atoms with Gasteiger partial charge in [-0.15, -0.1) is 0 Å². The minimum absolute atomic E-state index is 0.163. The van der Waals surface area contributed by atoms with Gasteiger partial charge in [0.05, 0.1) is 0 Å². The van der Waals surface area contributed by atoms with Crippen molar-refractivity contribution in [3.8, 4) is 5.75 Å². The number of oxime groups is 1. The fourth-order valence-electron chi connectivity index (χ4n) is 5.69. The van der Waals surface area contributed by atoms with E-state index < -0.39 is 5.97 Å². The van der Waals surface area contributed by atoms with Crippen molar-refractivity contribution < 1.29 is 28.8 Å². The van der Waals surface area contributed by atoms with Crippen molar-refractivity contribution in [2.75, 3.05) is 0 Å². The van der Waals surface area contributed by atoms with Gasteiger partial charge in [0.25, 0.3) is 6.47 Å². The molecule has 1 aromatic heterocycles. The third-order valence-corrected chi connectivity index (χ3v) is 8.24. The van der Waals surface area contributed by atoms with E-state index in [-0.39, 0.29) is 17.3 Å². The average molecular weight is 611 g/mol. The quantitative estimate of drug-likeness (QED) is 0.0297. The molecule has 1 unspecified atom stereocenters. The number of ketones is 2. The highest BCUT2D eigenvalue weighted by molar-refractivity contribution is 6.46. The van der Waals surface area contributed by atoms with Crippen LogP contribution < -0.4 is 4.74 Å². The Kier molecular flexibility index (Phi) is 11.8. The van der Waals surface area contributed by atoms with E-state index in [1.165, 1.54) is 6.92 Å². The first-order valence-electron chi connectivity index (χ1n) is 15.9. The second-order valence-electron chi connectivity index (χ2n) is 11.5. The molecule has 0 radical (unpaired) electrons. The van der Waals surface area contributed by atoms with Crippen LogP contribution in [0.1, 0.15) is 105 Å². The lowest BCUT2D eigenvalue weighted by Gasteiger charge is -2.17. The smallest absolute Gasteiger partial charge is 0.331 e. The van der Waals surface area contributed by atoms with Crippen LogP contribution in [0.5, 0.6) is 5.75 Å². The van der Waals surface area contributed by atoms with Gasteiger partial charge in [0.2, 0.25) is 5.78 Å². The molecule has 3 aromatic carbocycles. The molecule has 0 saturated heterocycles. The van der Waals surface area contributed by atoms with Crippen LogP contribution in [0.15, 0.2) is 65.8 Å². The van der Waals surface area contributed by atoms with Gasteiger partial charge in [-0.2, -0.15) is 0 Å². The van der Waals surface area contributed by atoms with Crippen LogP contribution in [0.2, 0.25) is 0 Å². The molecule has 45 heavy (non-hydrogen) atoms. The van der Waals surface area contributed by atoms with Crippen molar-refractivity contribution in [2.45, 2.75) is 85.6 Å². The van der Waals surface area contributed by atoms with Crippen LogP contribution >= 0.6 is 0 Å². The number of nitrogens with zero attached hydrogens (tertiary/aromatic N) is 2. The number of hydrogen-bond acceptors (Lipinski definition) is 7. The standard InChI is InChI=1S/C37H42N2O6/c1-5-8-10-12-33(38-45-25(4)41)37(43)29-16-20-35-32(22-29)31-21-28(36(42)27-13-17-30(18-14-27)44-24-40)15-19-34(31)39(35)23-26(7-3)11-9-6-2/h13-22,24,26H,5-12,23H2,1-4H3/b38-33+. The predicted molar refractivity (Wildman–Crippen MR) is 177 cm³/mol. The van der Waals surface area contributed by atoms with Crippen molar-refractivity contribution in [1.82, 2.24) is 4.57 Å². The van der Waals surface area contributed by atoms with Crippen LogP contribution in [0.4, 0.5) is 0 Å². The van der Waals surface area contributed by atoms with E-state index in [0.29, 0.717) is 41.3 Å². The molecule has 4 aromatic rings. The number of fused-ring (bicyclic) bond motifs is 3. The summed E-state index contributed by atoms with van der Waals surface area (Å²) < 4.78 is 7.17. The monoisotopic (exact) mass is 610 g/mol. The second kappa shape index (κ2) is 15.9. The molecule has 236 valence electrons. The van der Waals surface area contributed by atoms with E-state index in [4.69, 9.17) is 9.57 Å². The van der Waals surface area contributed by atoms with Crippen LogP contribution in [0.3, 0.4) is 0 Å². The number of carbonyl (C=O) groups excluding carboxylic acids is 4. The van der Waals surface area contributed by atoms with Crippen LogP contribution in [0, 0.1) is 5.92 Å². The summed E-state index contributed by atoms with van der Waals surface area (Å²) in [6.45, 7) is 8.93. The molecule has 1 heterocycles. The van der Waals surface area contributed by atoms with Gasteiger partial charge in [-0.1, -0.05) is 58.0 Å². The fraction of sp³-hybridized carbons (Fsp3) is 0.378. The van der Waals surface area contributed by atoms with Crippen molar-refractivity contribution in [3.63, 3.8) is 0 Å². The number of unbranched alkanes of at least 4 members (excludes halogenated alkanes) is 3. The summed E-state index contributed by atoms with van der Waals surface area (Å²) >= 11 is 0. The molecule has 0 saturated carbocycles. The van der Waals surface area contributed by atoms with Gasteiger partial charge in [-0.3, -0.25) is 14.4 Å². The van der Waals surface area contributed by atoms with Gasteiger partial charge in [0, 0.05) is 52.0 Å². The zero-order valence-corrected chi connectivity index (χ0v) is 26.6. The Morgan fingerprint density at radius 3 is 2.04 bits per heavy atom. The highest BCUT2D eigenvalue weighted by Gasteiger charge is 2.21. The number of carbonyl (C=O) groups is 4. The molecule has 0 N–H and O–H groups in total. The van der Waals surface area contributed by atoms with Crippen molar-refractivity contribution in [3.05, 3.63) is 77.4 Å². The van der Waals surface area contributed by atoms with E-state index in [1.807, 2.05) is 36.4 Å². The number of rotatable bonds is 17. The number of hydrogen-bond donors (Lipinski definition) is 0. The van der Waals surface area contributed by atoms with Gasteiger partial charge in [0.1, 0.15) is 11.5 Å². The Morgan fingerprint density at radius 1 is 0.822 bits per heavy atom. The summed E-state index contributed by atoms with van der Waals surface area (Å²) in [6.07, 6.45) is 7.54. The van der Waals surface area contributed by atoms with E-state index in [0.717, 1.165) is 73.3 Å². The largest absolute Gasteiger partial charge is 0.429 e. The summed E-state index contributed by atoms with van der Waals surface area (Å²) in [7, 11) is 0. The molecule has 0 bridgehead atoms. The Bertz CT molecular complexity index is 1700. The second-order valence-corrected chi connectivity index (χ2v) is 11.5. The van der Waals surface area contributed by atoms with Gasteiger partial charge < -0.3 is 14.1 Å². The summed E-state index contributed by atoms with van der Waals surface area (Å²) in [4.78, 5) is 54.3. The molecule has 0 fully saturated rings. The maximum atomic E-state index is 13.7. The van der Waals surface area contributed by atoms with E-state index >= 15 is 0 Å². The molecule has 0 aliphatic heterocycles. The zero-order valence-electron chi connectivity index (χ0n) is 26.6. The minimum atomic E-state index is -0.578. The topological polar surface area (TPSA) is 104 Å². The summed E-state index contributed by atoms with van der Waals surface area (Å²) in [6, 6.07) is 17.8. The number of aromatic nitrogens is 1. The first kappa shape index (κ1) is 33.3. The molecule has 1 atom stereocenters. The van der Waals surface area contributed by atoms with Crippen molar-refractivity contribution in [2.24, 2.45) is 11.1 Å². The van der Waals surface area contributed by atoms with Crippen LogP contribution in [-0.2, 0) is 21.0 Å². The van der Waals surface area contributed by atoms with Crippen molar-refractivity contribution in [1.29, 1.82) is 0 Å². The third kappa shape index (κ3) is 8.12. The minimum Gasteiger partial charge on any atom is -0.429 e. The average Bonchev–Trinajstić information content (AvgIpc) is 3.36. The predicted octanol–water partition coefficient (Wildman–Crippen LogP) is 8.46. The van der Waals surface area contributed by atoms with Gasteiger partial charge in [0.15, 0.2) is 5.78 Å². The first-order valence-corrected chi connectivity index (χ1v) is 15.9. The summed E-state index contributed by atoms with van der Waals surface area (Å²) in [5, 5.41) is 5.67. The molecule has 8 heteroatoms. The molecule has 8 nitrogen and oxygen atoms in total. The lowest BCUT2D eigenvalue weighted by Crippen LogP contribution is -2.16. The van der Waals surface area contributed by atoms with E-state index in [1.54, 1.807) is 24.3 Å². The third-order valence-electron chi connectivity index (χ3n) is 8.24. The van der Waals surface area contributed by atoms with E-state index in [2.05, 4.69) is 30.5 Å². The Balaban J connectivity index is 1.82. The molecule has 0 spiro atoms. The Hall–Kier alpha value is -4.59. The van der Waals surface area contributed by atoms with Crippen LogP contribution in [-0.4, -0.2) is 34.3 Å². The Morgan fingerprint density at radius 2 is 1.44 bits per heavy atom. The molecular formula is C37H42N2O6. The lowest BCUT2D eigenvalue weighted by molar-refractivity contribution is -0.140. The van der Waals surface area contributed by atoms with Gasteiger partial charge in [-0.25, -0.2) is 4.79 Å². The highest BCUT2D eigenvalue weighted by atomic mass is 16.7. The highest BCUT2D eigenvalue weighted by Crippen LogP contribution is 2.33. The Labute approximate surface area is 264 Å². The summed E-state index contributed by atoms with van der Waals surface area (Å²) in [5.41, 5.74) is 3.62.